The molecular weight excluding hydrogens is 200 g/mol. The maximum atomic E-state index is 7.48. The lowest BCUT2D eigenvalue weighted by Crippen LogP contribution is -2.26. The van der Waals surface area contributed by atoms with Crippen LogP contribution in [0.3, 0.4) is 0 Å². The van der Waals surface area contributed by atoms with Crippen LogP contribution in [0.15, 0.2) is 12.1 Å². The van der Waals surface area contributed by atoms with Crippen LogP contribution in [0.25, 0.3) is 0 Å². The predicted octanol–water partition coefficient (Wildman–Crippen LogP) is 1.66. The molecule has 0 saturated heterocycles. The van der Waals surface area contributed by atoms with Crippen LogP contribution in [0.1, 0.15) is 31.0 Å². The molecule has 3 N–H and O–H groups in total. The molecule has 4 heteroatoms. The van der Waals surface area contributed by atoms with Crippen LogP contribution in [0.2, 0.25) is 0 Å². The van der Waals surface area contributed by atoms with E-state index in [1.807, 2.05) is 19.1 Å². The van der Waals surface area contributed by atoms with Crippen molar-refractivity contribution < 1.29 is 0 Å². The van der Waals surface area contributed by atoms with Crippen molar-refractivity contribution in [3.8, 4) is 0 Å². The Balaban J connectivity index is 2.35. The highest BCUT2D eigenvalue weighted by Gasteiger charge is 2.29. The molecule has 4 nitrogen and oxygen atoms in total. The highest BCUT2D eigenvalue weighted by Crippen LogP contribution is 2.30. The molecule has 1 aliphatic carbocycles. The number of hydrogen-bond acceptors (Lipinski definition) is 3. The largest absolute Gasteiger partial charge is 0.384 e. The van der Waals surface area contributed by atoms with E-state index in [9.17, 15) is 0 Å². The van der Waals surface area contributed by atoms with Gasteiger partial charge in [0.15, 0.2) is 0 Å². The number of aryl methyl sites for hydroxylation is 1. The second kappa shape index (κ2) is 4.12. The molecule has 1 saturated carbocycles. The minimum atomic E-state index is 0.110. The lowest BCUT2D eigenvalue weighted by atomic mass is 10.2. The summed E-state index contributed by atoms with van der Waals surface area (Å²) in [5.41, 5.74) is 7.21. The number of nitrogen functional groups attached to an aromatic ring is 1. The number of nitrogens with two attached hydrogens (primary N) is 1. The molecule has 86 valence electrons. The lowest BCUT2D eigenvalue weighted by Gasteiger charge is -2.22. The van der Waals surface area contributed by atoms with Gasteiger partial charge in [-0.2, -0.15) is 0 Å². The average molecular weight is 218 g/mol. The van der Waals surface area contributed by atoms with E-state index in [4.69, 9.17) is 11.1 Å². The Morgan fingerprint density at radius 1 is 1.56 bits per heavy atom. The lowest BCUT2D eigenvalue weighted by molar-refractivity contribution is 0.805. The standard InChI is InChI=1S/C12H18N4/c1-3-16(10-4-5-10)11-7-9(12(13)14)6-8(2)15-11/h6-7,10H,3-5H2,1-2H3,(H3,13,14). The number of nitrogens with zero attached hydrogens (tertiary/aromatic N) is 2. The molecule has 0 bridgehead atoms. The molecule has 0 unspecified atom stereocenters. The van der Waals surface area contributed by atoms with Crippen molar-refractivity contribution in [3.63, 3.8) is 0 Å². The van der Waals surface area contributed by atoms with Gasteiger partial charge in [-0.05, 0) is 38.8 Å². The minimum absolute atomic E-state index is 0.110. The van der Waals surface area contributed by atoms with Gasteiger partial charge in [0.2, 0.25) is 0 Å². The first kappa shape index (κ1) is 10.9. The summed E-state index contributed by atoms with van der Waals surface area (Å²) in [5.74, 6) is 1.06. The van der Waals surface area contributed by atoms with Gasteiger partial charge in [-0.15, -0.1) is 0 Å². The topological polar surface area (TPSA) is 66.0 Å². The highest BCUT2D eigenvalue weighted by atomic mass is 15.2. The minimum Gasteiger partial charge on any atom is -0.384 e. The molecular formula is C12H18N4. The van der Waals surface area contributed by atoms with Crippen molar-refractivity contribution in [2.45, 2.75) is 32.7 Å². The zero-order chi connectivity index (χ0) is 11.7. The maximum absolute atomic E-state index is 7.48. The van der Waals surface area contributed by atoms with Crippen LogP contribution in [0, 0.1) is 12.3 Å². The van der Waals surface area contributed by atoms with Gasteiger partial charge >= 0.3 is 0 Å². The van der Waals surface area contributed by atoms with Gasteiger partial charge in [0.25, 0.3) is 0 Å². The number of pyridine rings is 1. The van der Waals surface area contributed by atoms with Crippen molar-refractivity contribution in [3.05, 3.63) is 23.4 Å². The third-order valence-corrected chi connectivity index (χ3v) is 2.87. The monoisotopic (exact) mass is 218 g/mol. The molecule has 1 aromatic heterocycles. The molecule has 16 heavy (non-hydrogen) atoms. The van der Waals surface area contributed by atoms with Crippen molar-refractivity contribution >= 4 is 11.7 Å². The number of amidine groups is 1. The Kier molecular flexibility index (Phi) is 2.81. The smallest absolute Gasteiger partial charge is 0.129 e. The van der Waals surface area contributed by atoms with E-state index in [0.29, 0.717) is 6.04 Å². The van der Waals surface area contributed by atoms with E-state index in [1.54, 1.807) is 0 Å². The number of anilines is 1. The average Bonchev–Trinajstić information content (AvgIpc) is 3.02. The summed E-state index contributed by atoms with van der Waals surface area (Å²) in [4.78, 5) is 6.81. The Bertz CT molecular complexity index is 409. The van der Waals surface area contributed by atoms with Crippen LogP contribution in [-0.2, 0) is 0 Å². The SMILES string of the molecule is CCN(c1cc(C(=N)N)cc(C)n1)C1CC1. The van der Waals surface area contributed by atoms with Crippen LogP contribution < -0.4 is 10.6 Å². The van der Waals surface area contributed by atoms with Gasteiger partial charge in [-0.1, -0.05) is 0 Å². The van der Waals surface area contributed by atoms with E-state index in [2.05, 4.69) is 16.8 Å². The molecule has 0 aliphatic heterocycles. The summed E-state index contributed by atoms with van der Waals surface area (Å²) in [5, 5.41) is 7.48. The van der Waals surface area contributed by atoms with E-state index >= 15 is 0 Å². The van der Waals surface area contributed by atoms with Crippen molar-refractivity contribution in [1.82, 2.24) is 4.98 Å². The fraction of sp³-hybridized carbons (Fsp3) is 0.500. The summed E-state index contributed by atoms with van der Waals surface area (Å²) < 4.78 is 0. The number of rotatable bonds is 4. The Labute approximate surface area is 96.0 Å². The molecule has 1 fully saturated rings. The third kappa shape index (κ3) is 2.15. The van der Waals surface area contributed by atoms with E-state index in [-0.39, 0.29) is 5.84 Å². The number of aromatic nitrogens is 1. The summed E-state index contributed by atoms with van der Waals surface area (Å²) in [7, 11) is 0. The van der Waals surface area contributed by atoms with Crippen molar-refractivity contribution in [2.24, 2.45) is 5.73 Å². The normalized spacial score (nSPS) is 14.9. The Morgan fingerprint density at radius 2 is 2.25 bits per heavy atom. The van der Waals surface area contributed by atoms with Crippen LogP contribution in [0.4, 0.5) is 5.82 Å². The van der Waals surface area contributed by atoms with Gasteiger partial charge in [0.05, 0.1) is 0 Å². The quantitative estimate of drug-likeness (QED) is 0.596. The van der Waals surface area contributed by atoms with Crippen LogP contribution in [-0.4, -0.2) is 23.4 Å². The summed E-state index contributed by atoms with van der Waals surface area (Å²) in [6, 6.07) is 4.41. The second-order valence-corrected chi connectivity index (χ2v) is 4.29. The van der Waals surface area contributed by atoms with Gasteiger partial charge in [0, 0.05) is 23.8 Å². The predicted molar refractivity (Wildman–Crippen MR) is 66.0 cm³/mol. The van der Waals surface area contributed by atoms with Gasteiger partial charge in [-0.25, -0.2) is 4.98 Å². The first-order valence-corrected chi connectivity index (χ1v) is 5.71. The molecule has 1 heterocycles. The van der Waals surface area contributed by atoms with E-state index in [1.165, 1.54) is 12.8 Å². The molecule has 0 amide bonds. The summed E-state index contributed by atoms with van der Waals surface area (Å²) >= 11 is 0. The highest BCUT2D eigenvalue weighted by molar-refractivity contribution is 5.95. The van der Waals surface area contributed by atoms with E-state index < -0.39 is 0 Å². The maximum Gasteiger partial charge on any atom is 0.129 e. The van der Waals surface area contributed by atoms with Crippen molar-refractivity contribution in [2.75, 3.05) is 11.4 Å². The fourth-order valence-electron chi connectivity index (χ4n) is 1.95. The van der Waals surface area contributed by atoms with Crippen LogP contribution in [0.5, 0.6) is 0 Å². The zero-order valence-corrected chi connectivity index (χ0v) is 9.83. The molecule has 0 atom stereocenters. The Morgan fingerprint density at radius 3 is 2.75 bits per heavy atom. The van der Waals surface area contributed by atoms with Crippen molar-refractivity contribution in [1.29, 1.82) is 5.41 Å². The van der Waals surface area contributed by atoms with Gasteiger partial charge in [-0.3, -0.25) is 5.41 Å². The van der Waals surface area contributed by atoms with Crippen LogP contribution >= 0.6 is 0 Å². The second-order valence-electron chi connectivity index (χ2n) is 4.29. The first-order chi connectivity index (χ1) is 7.61. The molecule has 0 radical (unpaired) electrons. The Hall–Kier alpha value is -1.58. The van der Waals surface area contributed by atoms with E-state index in [0.717, 1.165) is 23.6 Å². The number of nitrogens with one attached hydrogen (secondary N) is 1. The number of hydrogen-bond donors (Lipinski definition) is 2. The summed E-state index contributed by atoms with van der Waals surface area (Å²) in [6.07, 6.45) is 2.50. The van der Waals surface area contributed by atoms with Gasteiger partial charge < -0.3 is 10.6 Å². The fourth-order valence-corrected chi connectivity index (χ4v) is 1.95. The van der Waals surface area contributed by atoms with Gasteiger partial charge in [0.1, 0.15) is 11.7 Å². The molecule has 2 rings (SSSR count). The molecule has 0 spiro atoms. The molecule has 1 aromatic rings. The zero-order valence-electron chi connectivity index (χ0n) is 9.83. The summed E-state index contributed by atoms with van der Waals surface area (Å²) in [6.45, 7) is 5.03. The first-order valence-electron chi connectivity index (χ1n) is 5.71. The third-order valence-electron chi connectivity index (χ3n) is 2.87. The molecule has 0 aromatic carbocycles. The molecule has 1 aliphatic rings.